The first-order valence-electron chi connectivity index (χ1n) is 7.03. The monoisotopic (exact) mass is 273 g/mol. The fourth-order valence-corrected chi connectivity index (χ4v) is 2.08. The van der Waals surface area contributed by atoms with Gasteiger partial charge in [0.2, 0.25) is 0 Å². The molecule has 20 heavy (non-hydrogen) atoms. The summed E-state index contributed by atoms with van der Waals surface area (Å²) >= 11 is 0. The van der Waals surface area contributed by atoms with Crippen LogP contribution in [0.4, 0.5) is 0 Å². The summed E-state index contributed by atoms with van der Waals surface area (Å²) in [5.41, 5.74) is 2.12. The van der Waals surface area contributed by atoms with E-state index < -0.39 is 0 Å². The van der Waals surface area contributed by atoms with Crippen molar-refractivity contribution in [3.63, 3.8) is 0 Å². The number of hydrogen-bond donors (Lipinski definition) is 2. The molecule has 1 aromatic carbocycles. The first kappa shape index (κ1) is 14.4. The minimum Gasteiger partial charge on any atom is -0.459 e. The maximum atomic E-state index is 5.87. The van der Waals surface area contributed by atoms with Gasteiger partial charge >= 0.3 is 0 Å². The van der Waals surface area contributed by atoms with Gasteiger partial charge in [-0.3, -0.25) is 4.99 Å². The van der Waals surface area contributed by atoms with Crippen molar-refractivity contribution in [3.8, 4) is 0 Å². The number of furan rings is 1. The first-order valence-corrected chi connectivity index (χ1v) is 7.03. The van der Waals surface area contributed by atoms with E-state index in [1.807, 2.05) is 18.2 Å². The van der Waals surface area contributed by atoms with E-state index in [0.29, 0.717) is 12.5 Å². The normalized spacial score (nSPS) is 12.2. The fourth-order valence-electron chi connectivity index (χ4n) is 2.08. The van der Waals surface area contributed by atoms with Gasteiger partial charge in [-0.15, -0.1) is 0 Å². The van der Waals surface area contributed by atoms with Crippen molar-refractivity contribution in [2.75, 3.05) is 13.6 Å². The smallest absolute Gasteiger partial charge is 0.191 e. The number of rotatable bonds is 4. The maximum absolute atomic E-state index is 5.87. The van der Waals surface area contributed by atoms with Gasteiger partial charge in [0.05, 0.1) is 6.54 Å². The number of guanidine groups is 1. The van der Waals surface area contributed by atoms with Crippen LogP contribution < -0.4 is 10.6 Å². The van der Waals surface area contributed by atoms with E-state index in [1.54, 1.807) is 7.05 Å². The number of para-hydroxylation sites is 1. The van der Waals surface area contributed by atoms with Gasteiger partial charge in [-0.1, -0.05) is 32.0 Å². The summed E-state index contributed by atoms with van der Waals surface area (Å²) in [4.78, 5) is 4.21. The molecule has 0 aliphatic rings. The Morgan fingerprint density at radius 2 is 2.00 bits per heavy atom. The standard InChI is InChI=1S/C16H23N3O/c1-11(2)9-18-16(17-4)19-10-15-12(3)13-7-5-6-8-14(13)20-15/h5-8,11H,9-10H2,1-4H3,(H2,17,18,19). The minimum absolute atomic E-state index is 0.585. The van der Waals surface area contributed by atoms with E-state index >= 15 is 0 Å². The van der Waals surface area contributed by atoms with Gasteiger partial charge in [0, 0.05) is 24.5 Å². The van der Waals surface area contributed by atoms with Crippen LogP contribution in [-0.2, 0) is 6.54 Å². The molecule has 108 valence electrons. The molecule has 0 unspecified atom stereocenters. The van der Waals surface area contributed by atoms with Crippen LogP contribution >= 0.6 is 0 Å². The molecule has 2 rings (SSSR count). The lowest BCUT2D eigenvalue weighted by atomic mass is 10.1. The summed E-state index contributed by atoms with van der Waals surface area (Å²) in [7, 11) is 1.78. The van der Waals surface area contributed by atoms with E-state index in [4.69, 9.17) is 4.42 Å². The van der Waals surface area contributed by atoms with Gasteiger partial charge in [-0.2, -0.15) is 0 Å². The van der Waals surface area contributed by atoms with Crippen molar-refractivity contribution in [3.05, 3.63) is 35.6 Å². The Labute approximate surface area is 120 Å². The highest BCUT2D eigenvalue weighted by Crippen LogP contribution is 2.24. The number of nitrogens with zero attached hydrogens (tertiary/aromatic N) is 1. The van der Waals surface area contributed by atoms with Crippen LogP contribution in [0.3, 0.4) is 0 Å². The molecule has 1 aromatic heterocycles. The van der Waals surface area contributed by atoms with Gasteiger partial charge in [-0.05, 0) is 18.9 Å². The van der Waals surface area contributed by atoms with E-state index in [9.17, 15) is 0 Å². The fraction of sp³-hybridized carbons (Fsp3) is 0.438. The molecule has 4 heteroatoms. The van der Waals surface area contributed by atoms with Crippen LogP contribution in [-0.4, -0.2) is 19.6 Å². The quantitative estimate of drug-likeness (QED) is 0.665. The van der Waals surface area contributed by atoms with Gasteiger partial charge in [0.25, 0.3) is 0 Å². The van der Waals surface area contributed by atoms with Gasteiger partial charge < -0.3 is 15.1 Å². The molecule has 0 aliphatic carbocycles. The maximum Gasteiger partial charge on any atom is 0.191 e. The van der Waals surface area contributed by atoms with Crippen LogP contribution in [0.25, 0.3) is 11.0 Å². The highest BCUT2D eigenvalue weighted by atomic mass is 16.3. The SMILES string of the molecule is CN=C(NCc1oc2ccccc2c1C)NCC(C)C. The molecule has 0 radical (unpaired) electrons. The average Bonchev–Trinajstić information content (AvgIpc) is 2.76. The van der Waals surface area contributed by atoms with Crippen molar-refractivity contribution >= 4 is 16.9 Å². The van der Waals surface area contributed by atoms with E-state index in [-0.39, 0.29) is 0 Å². The minimum atomic E-state index is 0.585. The second kappa shape index (κ2) is 6.46. The number of aliphatic imine (C=N–C) groups is 1. The van der Waals surface area contributed by atoms with Gasteiger partial charge in [0.15, 0.2) is 5.96 Å². The number of hydrogen-bond acceptors (Lipinski definition) is 2. The Bertz CT molecular complexity index is 599. The lowest BCUT2D eigenvalue weighted by Gasteiger charge is -2.12. The number of benzene rings is 1. The van der Waals surface area contributed by atoms with Crippen molar-refractivity contribution < 1.29 is 4.42 Å². The third kappa shape index (κ3) is 3.32. The molecule has 0 aliphatic heterocycles. The Kier molecular flexibility index (Phi) is 4.66. The third-order valence-electron chi connectivity index (χ3n) is 3.26. The lowest BCUT2D eigenvalue weighted by Crippen LogP contribution is -2.38. The summed E-state index contributed by atoms with van der Waals surface area (Å²) in [6, 6.07) is 8.11. The van der Waals surface area contributed by atoms with Crippen molar-refractivity contribution in [2.45, 2.75) is 27.3 Å². The molecular formula is C16H23N3O. The summed E-state index contributed by atoms with van der Waals surface area (Å²) < 4.78 is 5.87. The van der Waals surface area contributed by atoms with E-state index in [1.165, 1.54) is 10.9 Å². The topological polar surface area (TPSA) is 49.6 Å². The van der Waals surface area contributed by atoms with Crippen LogP contribution in [0.15, 0.2) is 33.7 Å². The van der Waals surface area contributed by atoms with Crippen molar-refractivity contribution in [2.24, 2.45) is 10.9 Å². The molecule has 0 spiro atoms. The largest absolute Gasteiger partial charge is 0.459 e. The Balaban J connectivity index is 2.03. The molecule has 0 saturated heterocycles. The highest BCUT2D eigenvalue weighted by Gasteiger charge is 2.10. The van der Waals surface area contributed by atoms with E-state index in [2.05, 4.69) is 42.5 Å². The molecule has 0 bridgehead atoms. The van der Waals surface area contributed by atoms with Crippen LogP contribution in [0, 0.1) is 12.8 Å². The molecule has 2 N–H and O–H groups in total. The van der Waals surface area contributed by atoms with E-state index in [0.717, 1.165) is 23.8 Å². The molecule has 4 nitrogen and oxygen atoms in total. The molecule has 1 heterocycles. The highest BCUT2D eigenvalue weighted by molar-refractivity contribution is 5.82. The first-order chi connectivity index (χ1) is 9.61. The zero-order chi connectivity index (χ0) is 14.5. The number of nitrogens with one attached hydrogen (secondary N) is 2. The predicted octanol–water partition coefficient (Wildman–Crippen LogP) is 3.06. The predicted molar refractivity (Wildman–Crippen MR) is 84.0 cm³/mol. The second-order valence-electron chi connectivity index (χ2n) is 5.35. The van der Waals surface area contributed by atoms with Crippen molar-refractivity contribution in [1.82, 2.24) is 10.6 Å². The summed E-state index contributed by atoms with van der Waals surface area (Å²) in [5, 5.41) is 7.75. The van der Waals surface area contributed by atoms with Gasteiger partial charge in [0.1, 0.15) is 11.3 Å². The molecule has 2 aromatic rings. The second-order valence-corrected chi connectivity index (χ2v) is 5.35. The average molecular weight is 273 g/mol. The molecule has 0 saturated carbocycles. The molecule has 0 atom stereocenters. The Morgan fingerprint density at radius 3 is 2.65 bits per heavy atom. The van der Waals surface area contributed by atoms with Gasteiger partial charge in [-0.25, -0.2) is 0 Å². The number of aryl methyl sites for hydroxylation is 1. The third-order valence-corrected chi connectivity index (χ3v) is 3.26. The summed E-state index contributed by atoms with van der Waals surface area (Å²) in [6.07, 6.45) is 0. The molecular weight excluding hydrogens is 250 g/mol. The zero-order valence-corrected chi connectivity index (χ0v) is 12.7. The van der Waals surface area contributed by atoms with Crippen LogP contribution in [0.5, 0.6) is 0 Å². The van der Waals surface area contributed by atoms with Crippen LogP contribution in [0.1, 0.15) is 25.2 Å². The van der Waals surface area contributed by atoms with Crippen LogP contribution in [0.2, 0.25) is 0 Å². The van der Waals surface area contributed by atoms with Crippen molar-refractivity contribution in [1.29, 1.82) is 0 Å². The molecule has 0 amide bonds. The lowest BCUT2D eigenvalue weighted by molar-refractivity contribution is 0.532. The summed E-state index contributed by atoms with van der Waals surface area (Å²) in [5.74, 6) is 2.35. The zero-order valence-electron chi connectivity index (χ0n) is 12.7. The Morgan fingerprint density at radius 1 is 1.25 bits per heavy atom. The molecule has 0 fully saturated rings. The number of fused-ring (bicyclic) bond motifs is 1. The Hall–Kier alpha value is -1.97. The summed E-state index contributed by atoms with van der Waals surface area (Å²) in [6.45, 7) is 7.97.